The van der Waals surface area contributed by atoms with Crippen molar-refractivity contribution in [3.05, 3.63) is 63.1 Å². The molecule has 24 heavy (non-hydrogen) atoms. The Labute approximate surface area is 149 Å². The SMILES string of the molecule is COc1ccc2c(c1)C(=O)[C@H](OC(C)=O)[C@H]2c1ccc(Cl)c(Cl)c1. The predicted molar refractivity (Wildman–Crippen MR) is 91.2 cm³/mol. The summed E-state index contributed by atoms with van der Waals surface area (Å²) in [7, 11) is 1.53. The molecule has 0 N–H and O–H groups in total. The zero-order chi connectivity index (χ0) is 17.4. The van der Waals surface area contributed by atoms with Crippen LogP contribution < -0.4 is 4.74 Å². The third-order valence-corrected chi connectivity index (χ3v) is 4.76. The maximum absolute atomic E-state index is 12.7. The van der Waals surface area contributed by atoms with Crippen molar-refractivity contribution in [2.45, 2.75) is 18.9 Å². The van der Waals surface area contributed by atoms with Crippen LogP contribution in [0.5, 0.6) is 5.75 Å². The summed E-state index contributed by atoms with van der Waals surface area (Å²) >= 11 is 12.1. The number of hydrogen-bond acceptors (Lipinski definition) is 4. The number of halogens is 2. The molecule has 4 nitrogen and oxygen atoms in total. The number of ketones is 1. The zero-order valence-corrected chi connectivity index (χ0v) is 14.5. The number of ether oxygens (including phenoxy) is 2. The van der Waals surface area contributed by atoms with E-state index in [0.29, 0.717) is 21.4 Å². The molecule has 0 saturated heterocycles. The van der Waals surface area contributed by atoms with Crippen LogP contribution in [0.1, 0.15) is 34.3 Å². The third kappa shape index (κ3) is 2.87. The molecular formula is C18H14Cl2O4. The summed E-state index contributed by atoms with van der Waals surface area (Å²) in [6.45, 7) is 1.28. The molecule has 1 aliphatic carbocycles. The summed E-state index contributed by atoms with van der Waals surface area (Å²) in [6, 6.07) is 10.4. The van der Waals surface area contributed by atoms with Gasteiger partial charge >= 0.3 is 5.97 Å². The van der Waals surface area contributed by atoms with E-state index in [9.17, 15) is 9.59 Å². The molecule has 2 aromatic rings. The fraction of sp³-hybridized carbons (Fsp3) is 0.222. The zero-order valence-electron chi connectivity index (χ0n) is 13.0. The van der Waals surface area contributed by atoms with E-state index in [-0.39, 0.29) is 5.78 Å². The van der Waals surface area contributed by atoms with Gasteiger partial charge in [-0.25, -0.2) is 0 Å². The Balaban J connectivity index is 2.14. The summed E-state index contributed by atoms with van der Waals surface area (Å²) in [4.78, 5) is 24.2. The number of rotatable bonds is 3. The molecule has 3 rings (SSSR count). The van der Waals surface area contributed by atoms with Crippen LogP contribution in [0, 0.1) is 0 Å². The summed E-state index contributed by atoms with van der Waals surface area (Å²) in [6.07, 6.45) is -0.929. The van der Waals surface area contributed by atoms with Crippen LogP contribution in [0.3, 0.4) is 0 Å². The molecular weight excluding hydrogens is 351 g/mol. The van der Waals surface area contributed by atoms with E-state index in [4.69, 9.17) is 32.7 Å². The van der Waals surface area contributed by atoms with Crippen LogP contribution >= 0.6 is 23.2 Å². The molecule has 0 saturated carbocycles. The first kappa shape index (κ1) is 16.8. The van der Waals surface area contributed by atoms with Gasteiger partial charge in [0.1, 0.15) is 5.75 Å². The number of methoxy groups -OCH3 is 1. The van der Waals surface area contributed by atoms with Crippen molar-refractivity contribution in [3.8, 4) is 5.75 Å². The Kier molecular flexibility index (Phi) is 4.52. The summed E-state index contributed by atoms with van der Waals surface area (Å²) < 4.78 is 10.5. The van der Waals surface area contributed by atoms with Crippen LogP contribution in [0.4, 0.5) is 0 Å². The van der Waals surface area contributed by atoms with Crippen LogP contribution in [0.15, 0.2) is 36.4 Å². The van der Waals surface area contributed by atoms with Gasteiger partial charge in [0, 0.05) is 12.5 Å². The van der Waals surface area contributed by atoms with E-state index >= 15 is 0 Å². The van der Waals surface area contributed by atoms with Crippen molar-refractivity contribution < 1.29 is 19.1 Å². The Hall–Kier alpha value is -2.04. The number of carbonyl (C=O) groups is 2. The van der Waals surface area contributed by atoms with Gasteiger partial charge < -0.3 is 9.47 Å². The van der Waals surface area contributed by atoms with Gasteiger partial charge in [0.05, 0.1) is 23.1 Å². The monoisotopic (exact) mass is 364 g/mol. The fourth-order valence-electron chi connectivity index (χ4n) is 2.98. The molecule has 0 aromatic heterocycles. The van der Waals surface area contributed by atoms with Gasteiger partial charge in [-0.15, -0.1) is 0 Å². The number of hydrogen-bond donors (Lipinski definition) is 0. The summed E-state index contributed by atoms with van der Waals surface area (Å²) in [5.41, 5.74) is 2.01. The van der Waals surface area contributed by atoms with Gasteiger partial charge in [-0.3, -0.25) is 9.59 Å². The van der Waals surface area contributed by atoms with Crippen molar-refractivity contribution in [1.82, 2.24) is 0 Å². The Morgan fingerprint density at radius 2 is 1.83 bits per heavy atom. The highest BCUT2D eigenvalue weighted by molar-refractivity contribution is 6.42. The first-order valence-corrected chi connectivity index (χ1v) is 8.02. The number of Topliss-reactive ketones (excluding diaryl/α,β-unsaturated/α-hetero) is 1. The minimum absolute atomic E-state index is 0.254. The van der Waals surface area contributed by atoms with Crippen LogP contribution in [-0.4, -0.2) is 25.0 Å². The van der Waals surface area contributed by atoms with Gasteiger partial charge in [-0.2, -0.15) is 0 Å². The summed E-state index contributed by atoms with van der Waals surface area (Å²) in [5, 5.41) is 0.800. The average Bonchev–Trinajstić information content (AvgIpc) is 2.82. The van der Waals surface area contributed by atoms with Crippen molar-refractivity contribution in [1.29, 1.82) is 0 Å². The smallest absolute Gasteiger partial charge is 0.303 e. The second-order valence-electron chi connectivity index (χ2n) is 5.50. The number of esters is 1. The van der Waals surface area contributed by atoms with Gasteiger partial charge in [0.25, 0.3) is 0 Å². The van der Waals surface area contributed by atoms with Crippen LogP contribution in [-0.2, 0) is 9.53 Å². The van der Waals surface area contributed by atoms with E-state index in [1.54, 1.807) is 30.3 Å². The molecule has 1 aliphatic rings. The molecule has 0 heterocycles. The molecule has 2 aromatic carbocycles. The highest BCUT2D eigenvalue weighted by Gasteiger charge is 2.43. The quantitative estimate of drug-likeness (QED) is 0.763. The molecule has 0 spiro atoms. The van der Waals surface area contributed by atoms with Crippen LogP contribution in [0.2, 0.25) is 10.0 Å². The maximum Gasteiger partial charge on any atom is 0.303 e. The van der Waals surface area contributed by atoms with E-state index in [1.165, 1.54) is 14.0 Å². The highest BCUT2D eigenvalue weighted by atomic mass is 35.5. The van der Waals surface area contributed by atoms with Crippen LogP contribution in [0.25, 0.3) is 0 Å². The van der Waals surface area contributed by atoms with Crippen molar-refractivity contribution in [2.75, 3.05) is 7.11 Å². The number of fused-ring (bicyclic) bond motifs is 1. The minimum atomic E-state index is -0.929. The molecule has 6 heteroatoms. The molecule has 0 aliphatic heterocycles. The van der Waals surface area contributed by atoms with E-state index in [0.717, 1.165) is 11.1 Å². The molecule has 0 fully saturated rings. The van der Waals surface area contributed by atoms with Crippen molar-refractivity contribution in [3.63, 3.8) is 0 Å². The van der Waals surface area contributed by atoms with E-state index in [2.05, 4.69) is 0 Å². The Morgan fingerprint density at radius 3 is 2.46 bits per heavy atom. The van der Waals surface area contributed by atoms with Gasteiger partial charge in [-0.1, -0.05) is 35.3 Å². The lowest BCUT2D eigenvalue weighted by Crippen LogP contribution is -2.27. The molecule has 0 bridgehead atoms. The topological polar surface area (TPSA) is 52.6 Å². The predicted octanol–water partition coefficient (Wildman–Crippen LogP) is 4.26. The number of carbonyl (C=O) groups excluding carboxylic acids is 2. The normalized spacial score (nSPS) is 19.1. The lowest BCUT2D eigenvalue weighted by molar-refractivity contribution is -0.144. The number of benzene rings is 2. The maximum atomic E-state index is 12.7. The molecule has 0 amide bonds. The van der Waals surface area contributed by atoms with Gasteiger partial charge in [-0.05, 0) is 35.4 Å². The van der Waals surface area contributed by atoms with E-state index in [1.807, 2.05) is 6.07 Å². The summed E-state index contributed by atoms with van der Waals surface area (Å²) in [5.74, 6) is -0.635. The highest BCUT2D eigenvalue weighted by Crippen LogP contribution is 2.42. The first-order chi connectivity index (χ1) is 11.4. The third-order valence-electron chi connectivity index (χ3n) is 4.02. The molecule has 0 radical (unpaired) electrons. The second kappa shape index (κ2) is 6.46. The minimum Gasteiger partial charge on any atom is -0.497 e. The lowest BCUT2D eigenvalue weighted by atomic mass is 9.91. The average molecular weight is 365 g/mol. The molecule has 2 atom stereocenters. The molecule has 0 unspecified atom stereocenters. The second-order valence-corrected chi connectivity index (χ2v) is 6.31. The van der Waals surface area contributed by atoms with E-state index < -0.39 is 18.0 Å². The fourth-order valence-corrected chi connectivity index (χ4v) is 3.28. The Bertz CT molecular complexity index is 832. The molecule has 124 valence electrons. The largest absolute Gasteiger partial charge is 0.497 e. The first-order valence-electron chi connectivity index (χ1n) is 7.26. The lowest BCUT2D eigenvalue weighted by Gasteiger charge is -2.20. The van der Waals surface area contributed by atoms with Crippen molar-refractivity contribution >= 4 is 35.0 Å². The van der Waals surface area contributed by atoms with Gasteiger partial charge in [0.2, 0.25) is 5.78 Å². The Morgan fingerprint density at radius 1 is 1.08 bits per heavy atom. The standard InChI is InChI=1S/C18H14Cl2O4/c1-9(21)24-18-16(10-3-6-14(19)15(20)7-10)12-5-4-11(23-2)8-13(12)17(18)22/h3-8,16,18H,1-2H3/t16-,18+/m0/s1. The van der Waals surface area contributed by atoms with Gasteiger partial charge in [0.15, 0.2) is 6.10 Å². The van der Waals surface area contributed by atoms with Crippen molar-refractivity contribution in [2.24, 2.45) is 0 Å².